The van der Waals surface area contributed by atoms with Gasteiger partial charge in [0.25, 0.3) is 0 Å². The molecule has 20 atom stereocenters. The normalized spacial score (nSPS) is 46.4. The molecule has 0 saturated carbocycles. The molecule has 26 nitrogen and oxygen atoms in total. The second-order valence-corrected chi connectivity index (χ2v) is 12.3. The Morgan fingerprint density at radius 2 is 0.736 bits per heavy atom. The van der Waals surface area contributed by atoms with Gasteiger partial charge in [-0.05, 0) is 13.0 Å². The predicted molar refractivity (Wildman–Crippen MR) is 153 cm³/mol. The van der Waals surface area contributed by atoms with Crippen LogP contribution < -0.4 is 5.73 Å². The van der Waals surface area contributed by atoms with E-state index in [-0.39, 0.29) is 19.6 Å². The molecule has 0 aliphatic carbocycles. The maximum atomic E-state index is 12.2. The predicted octanol–water partition coefficient (Wildman–Crippen LogP) is -9.01. The highest BCUT2D eigenvalue weighted by Crippen LogP contribution is 2.34. The average molecular weight is 780 g/mol. The van der Waals surface area contributed by atoms with E-state index < -0.39 is 147 Å². The van der Waals surface area contributed by atoms with Gasteiger partial charge in [-0.3, -0.25) is 0 Å². The van der Waals surface area contributed by atoms with E-state index in [0.717, 1.165) is 0 Å². The van der Waals surface area contributed by atoms with Crippen molar-refractivity contribution in [3.8, 4) is 0 Å². The molecule has 0 aromatic heterocycles. The van der Waals surface area contributed by atoms with E-state index in [9.17, 15) is 85.6 Å². The third-order valence-corrected chi connectivity index (χ3v) is 8.68. The monoisotopic (exact) mass is 779 g/mol. The minimum absolute atomic E-state index is 0.112. The van der Waals surface area contributed by atoms with E-state index in [1.807, 2.05) is 0 Å². The summed E-state index contributed by atoms with van der Waals surface area (Å²) in [6, 6.07) is 0. The molecule has 53 heavy (non-hydrogen) atoms. The number of ether oxygens (including phenoxy) is 8. The summed E-state index contributed by atoms with van der Waals surface area (Å²) in [5, 5.41) is 133. The van der Waals surface area contributed by atoms with E-state index in [2.05, 4.69) is 0 Å². The van der Waals surface area contributed by atoms with Crippen LogP contribution in [0.3, 0.4) is 0 Å². The SMILES string of the molecule is NCCCO[C@@H]1O[C@H](C(=O)O)[C@@H](O[C@@H]2O[C@H](C(=O)O)[C@@H](O[C@@H]3O[C@H](C(=O)O)[C@@H](O[C@@H]4O[C@H](C(=O)O)[C@@H](O)[C@H](O)[C@@H]4O)[C@H](O)[C@@H]3O)[C@H](O)[C@@H]2O)[C@H](O)[C@@H]1O. The van der Waals surface area contributed by atoms with E-state index in [0.29, 0.717) is 0 Å². The standard InChI is InChI=1S/C27H41NO25/c28-2-1-3-46-24-10(35)6(31)13(17(51-24)21(40)41)48-26-12(37)8(33)15(19(53-26)23(44)45)49-27-11(36)7(32)14(18(52-27)22(42)43)47-25-9(34)4(29)5(30)16(50-25)20(38)39/h4-19,24-27,29-37H,1-3,28H2,(H,38,39)(H,40,41)(H,42,43)(H,44,45)/t4-,5-,6+,7+,8+,9-,10-,11-,12-,13-,14-,15-,16-,17-,18-,19-,24+,25+,26+,27+/m0/s1. The van der Waals surface area contributed by atoms with Crippen LogP contribution in [-0.4, -0.2) is 226 Å². The van der Waals surface area contributed by atoms with Gasteiger partial charge in [0.15, 0.2) is 49.6 Å². The minimum Gasteiger partial charge on any atom is -0.479 e. The van der Waals surface area contributed by atoms with Crippen LogP contribution in [0.15, 0.2) is 0 Å². The summed E-state index contributed by atoms with van der Waals surface area (Å²) in [5.41, 5.74) is 5.36. The number of hydrogen-bond donors (Lipinski definition) is 14. The zero-order valence-corrected chi connectivity index (χ0v) is 27.0. The maximum Gasteiger partial charge on any atom is 0.335 e. The van der Waals surface area contributed by atoms with Crippen LogP contribution >= 0.6 is 0 Å². The first-order valence-corrected chi connectivity index (χ1v) is 15.8. The summed E-state index contributed by atoms with van der Waals surface area (Å²) in [6.07, 6.45) is -44.5. The summed E-state index contributed by atoms with van der Waals surface area (Å²) in [7, 11) is 0. The molecular formula is C27H41NO25. The van der Waals surface area contributed by atoms with E-state index in [1.165, 1.54) is 0 Å². The maximum absolute atomic E-state index is 12.2. The van der Waals surface area contributed by atoms with Crippen molar-refractivity contribution < 1.29 is 123 Å². The van der Waals surface area contributed by atoms with E-state index in [1.54, 1.807) is 0 Å². The summed E-state index contributed by atoms with van der Waals surface area (Å²) in [4.78, 5) is 47.8. The van der Waals surface area contributed by atoms with E-state index in [4.69, 9.17) is 43.6 Å². The lowest BCUT2D eigenvalue weighted by Crippen LogP contribution is -2.68. The van der Waals surface area contributed by atoms with Crippen LogP contribution in [0, 0.1) is 0 Å². The van der Waals surface area contributed by atoms with Gasteiger partial charge in [-0.1, -0.05) is 0 Å². The Labute approximate surface area is 295 Å². The van der Waals surface area contributed by atoms with E-state index >= 15 is 0 Å². The highest BCUT2D eigenvalue weighted by molar-refractivity contribution is 5.75. The van der Waals surface area contributed by atoms with Gasteiger partial charge >= 0.3 is 23.9 Å². The Bertz CT molecular complexity index is 1290. The van der Waals surface area contributed by atoms with Crippen molar-refractivity contribution in [3.05, 3.63) is 0 Å². The zero-order valence-electron chi connectivity index (χ0n) is 27.0. The number of aliphatic carboxylic acids is 4. The largest absolute Gasteiger partial charge is 0.479 e. The molecule has 0 bridgehead atoms. The van der Waals surface area contributed by atoms with Gasteiger partial charge in [0, 0.05) is 0 Å². The molecule has 0 aromatic rings. The van der Waals surface area contributed by atoms with Gasteiger partial charge in [-0.25, -0.2) is 19.2 Å². The Morgan fingerprint density at radius 1 is 0.434 bits per heavy atom. The van der Waals surface area contributed by atoms with Crippen molar-refractivity contribution in [3.63, 3.8) is 0 Å². The number of carbonyl (C=O) groups is 4. The smallest absolute Gasteiger partial charge is 0.335 e. The molecule has 4 saturated heterocycles. The molecule has 0 radical (unpaired) electrons. The fourth-order valence-corrected chi connectivity index (χ4v) is 5.84. The van der Waals surface area contributed by atoms with Crippen molar-refractivity contribution >= 4 is 23.9 Å². The average Bonchev–Trinajstić information content (AvgIpc) is 3.09. The van der Waals surface area contributed by atoms with Crippen molar-refractivity contribution in [1.82, 2.24) is 0 Å². The fourth-order valence-electron chi connectivity index (χ4n) is 5.84. The zero-order chi connectivity index (χ0) is 39.6. The quantitative estimate of drug-likeness (QED) is 0.0728. The molecule has 4 heterocycles. The van der Waals surface area contributed by atoms with Crippen LogP contribution in [0.5, 0.6) is 0 Å². The summed E-state index contributed by atoms with van der Waals surface area (Å²) in [5.74, 6) is -7.53. The van der Waals surface area contributed by atoms with Crippen LogP contribution in [0.2, 0.25) is 0 Å². The topological polar surface area (TPSA) is 431 Å². The third-order valence-electron chi connectivity index (χ3n) is 8.68. The molecule has 4 fully saturated rings. The number of carboxylic acid groups (broad SMARTS) is 4. The Balaban J connectivity index is 1.49. The number of carboxylic acids is 4. The van der Waals surface area contributed by atoms with Gasteiger partial charge in [0.2, 0.25) is 0 Å². The number of hydrogen-bond acceptors (Lipinski definition) is 22. The number of aliphatic hydroxyl groups is 9. The van der Waals surface area contributed by atoms with Gasteiger partial charge in [-0.2, -0.15) is 0 Å². The second kappa shape index (κ2) is 17.7. The van der Waals surface area contributed by atoms with Crippen LogP contribution in [0.1, 0.15) is 6.42 Å². The molecule has 15 N–H and O–H groups in total. The van der Waals surface area contributed by atoms with Crippen molar-refractivity contribution in [2.75, 3.05) is 13.2 Å². The molecule has 4 aliphatic rings. The summed E-state index contributed by atoms with van der Waals surface area (Å²) < 4.78 is 41.5. The van der Waals surface area contributed by atoms with Crippen molar-refractivity contribution in [1.29, 1.82) is 0 Å². The third kappa shape index (κ3) is 9.01. The molecular weight excluding hydrogens is 738 g/mol. The molecule has 304 valence electrons. The lowest BCUT2D eigenvalue weighted by atomic mass is 9.95. The first-order valence-electron chi connectivity index (χ1n) is 15.8. The van der Waals surface area contributed by atoms with Gasteiger partial charge in [0.1, 0.15) is 73.2 Å². The van der Waals surface area contributed by atoms with Crippen LogP contribution in [0.4, 0.5) is 0 Å². The molecule has 0 amide bonds. The van der Waals surface area contributed by atoms with Gasteiger partial charge < -0.3 is 110 Å². The first-order chi connectivity index (χ1) is 24.8. The molecule has 4 rings (SSSR count). The second-order valence-electron chi connectivity index (χ2n) is 12.3. The lowest BCUT2D eigenvalue weighted by molar-refractivity contribution is -0.379. The van der Waals surface area contributed by atoms with Crippen molar-refractivity contribution in [2.24, 2.45) is 5.73 Å². The summed E-state index contributed by atoms with van der Waals surface area (Å²) in [6.45, 7) is 0.0457. The molecule has 26 heteroatoms. The first kappa shape index (κ1) is 42.9. The molecule has 4 aliphatic heterocycles. The molecule has 0 spiro atoms. The Hall–Kier alpha value is -2.84. The molecule has 0 aromatic carbocycles. The highest BCUT2D eigenvalue weighted by atomic mass is 16.8. The lowest BCUT2D eigenvalue weighted by Gasteiger charge is -2.47. The fraction of sp³-hybridized carbons (Fsp3) is 0.852. The van der Waals surface area contributed by atoms with Crippen LogP contribution in [-0.2, 0) is 57.1 Å². The minimum atomic E-state index is -2.42. The van der Waals surface area contributed by atoms with Crippen molar-refractivity contribution in [2.45, 2.75) is 129 Å². The highest BCUT2D eigenvalue weighted by Gasteiger charge is 2.58. The Kier molecular flexibility index (Phi) is 14.4. The van der Waals surface area contributed by atoms with Crippen LogP contribution in [0.25, 0.3) is 0 Å². The number of rotatable bonds is 14. The van der Waals surface area contributed by atoms with Gasteiger partial charge in [-0.15, -0.1) is 0 Å². The Morgan fingerprint density at radius 3 is 1.08 bits per heavy atom. The number of nitrogens with two attached hydrogens (primary N) is 1. The van der Waals surface area contributed by atoms with Gasteiger partial charge in [0.05, 0.1) is 6.61 Å². The number of aliphatic hydroxyl groups excluding tert-OH is 9. The summed E-state index contributed by atoms with van der Waals surface area (Å²) >= 11 is 0. The molecule has 0 unspecified atom stereocenters.